The molecular formula is C22H26N8O2. The third-order valence-electron chi connectivity index (χ3n) is 6.17. The van der Waals surface area contributed by atoms with Crippen LogP contribution in [0.3, 0.4) is 0 Å². The van der Waals surface area contributed by atoms with E-state index in [0.717, 1.165) is 48.1 Å². The lowest BCUT2D eigenvalue weighted by Gasteiger charge is -2.29. The SMILES string of the molecule is Cc1cc2c(C(N)=O)c(N)n(-c3c(C)cnc4[nH]ncc34)c2nc1OC1CCN(C)CC1. The molecule has 5 heterocycles. The Bertz CT molecular complexity index is 1350. The summed E-state index contributed by atoms with van der Waals surface area (Å²) in [5.41, 5.74) is 16.0. The van der Waals surface area contributed by atoms with Gasteiger partial charge < -0.3 is 21.1 Å². The number of hydrogen-bond donors (Lipinski definition) is 3. The van der Waals surface area contributed by atoms with Crippen LogP contribution in [0.1, 0.15) is 34.3 Å². The average molecular weight is 435 g/mol. The van der Waals surface area contributed by atoms with E-state index in [4.69, 9.17) is 21.2 Å². The van der Waals surface area contributed by atoms with Crippen LogP contribution in [0.2, 0.25) is 0 Å². The standard InChI is InChI=1S/C22H26N8O2/c1-11-8-14-16(19(24)31)18(23)30(17-12(2)9-25-20-15(17)10-26-28-20)21(14)27-22(11)32-13-4-6-29(3)7-5-13/h8-10,13H,4-7,23H2,1-3H3,(H2,24,31)(H,25,26,28). The molecule has 0 saturated carbocycles. The first-order chi connectivity index (χ1) is 15.3. The highest BCUT2D eigenvalue weighted by Gasteiger charge is 2.26. The maximum Gasteiger partial charge on any atom is 0.253 e. The van der Waals surface area contributed by atoms with Gasteiger partial charge >= 0.3 is 0 Å². The predicted octanol–water partition coefficient (Wildman–Crippen LogP) is 2.07. The Morgan fingerprint density at radius 2 is 1.94 bits per heavy atom. The zero-order valence-electron chi connectivity index (χ0n) is 18.3. The number of nitrogens with two attached hydrogens (primary N) is 2. The Hall–Kier alpha value is -3.66. The van der Waals surface area contributed by atoms with Crippen LogP contribution >= 0.6 is 0 Å². The largest absolute Gasteiger partial charge is 0.474 e. The maximum atomic E-state index is 12.4. The lowest BCUT2D eigenvalue weighted by atomic mass is 10.1. The molecule has 0 unspecified atom stereocenters. The Balaban J connectivity index is 1.73. The summed E-state index contributed by atoms with van der Waals surface area (Å²) in [5, 5.41) is 8.35. The van der Waals surface area contributed by atoms with Gasteiger partial charge in [-0.2, -0.15) is 10.1 Å². The number of fused-ring (bicyclic) bond motifs is 2. The van der Waals surface area contributed by atoms with E-state index in [2.05, 4.69) is 27.1 Å². The molecule has 1 aliphatic rings. The van der Waals surface area contributed by atoms with Crippen molar-refractivity contribution in [3.05, 3.63) is 35.2 Å². The van der Waals surface area contributed by atoms with Crippen molar-refractivity contribution in [1.82, 2.24) is 29.6 Å². The highest BCUT2D eigenvalue weighted by atomic mass is 16.5. The minimum absolute atomic E-state index is 0.0921. The number of amides is 1. The predicted molar refractivity (Wildman–Crippen MR) is 122 cm³/mol. The minimum Gasteiger partial charge on any atom is -0.474 e. The minimum atomic E-state index is -0.605. The van der Waals surface area contributed by atoms with Gasteiger partial charge in [0.2, 0.25) is 5.88 Å². The van der Waals surface area contributed by atoms with E-state index >= 15 is 0 Å². The average Bonchev–Trinajstić information content (AvgIpc) is 3.32. The summed E-state index contributed by atoms with van der Waals surface area (Å²) < 4.78 is 8.06. The molecule has 166 valence electrons. The van der Waals surface area contributed by atoms with Gasteiger partial charge in [0.25, 0.3) is 5.91 Å². The first-order valence-corrected chi connectivity index (χ1v) is 10.6. The van der Waals surface area contributed by atoms with Crippen LogP contribution in [0.5, 0.6) is 5.88 Å². The van der Waals surface area contributed by atoms with Crippen molar-refractivity contribution in [2.24, 2.45) is 5.73 Å². The second-order valence-corrected chi connectivity index (χ2v) is 8.48. The van der Waals surface area contributed by atoms with Crippen LogP contribution in [-0.2, 0) is 0 Å². The zero-order valence-corrected chi connectivity index (χ0v) is 18.3. The van der Waals surface area contributed by atoms with E-state index in [-0.39, 0.29) is 17.5 Å². The van der Waals surface area contributed by atoms with Gasteiger partial charge in [0.1, 0.15) is 11.9 Å². The monoisotopic (exact) mass is 434 g/mol. The van der Waals surface area contributed by atoms with Gasteiger partial charge in [0.05, 0.1) is 22.8 Å². The fourth-order valence-electron chi connectivity index (χ4n) is 4.45. The number of ether oxygens (including phenoxy) is 1. The molecule has 1 aliphatic heterocycles. The number of hydrogen-bond acceptors (Lipinski definition) is 7. The van der Waals surface area contributed by atoms with E-state index in [0.29, 0.717) is 22.6 Å². The fraction of sp³-hybridized carbons (Fsp3) is 0.364. The van der Waals surface area contributed by atoms with Crippen molar-refractivity contribution < 1.29 is 9.53 Å². The summed E-state index contributed by atoms with van der Waals surface area (Å²) in [6.07, 6.45) is 5.38. The number of anilines is 1. The van der Waals surface area contributed by atoms with E-state index < -0.39 is 5.91 Å². The van der Waals surface area contributed by atoms with E-state index in [1.54, 1.807) is 17.0 Å². The van der Waals surface area contributed by atoms with Gasteiger partial charge in [-0.1, -0.05) is 0 Å². The van der Waals surface area contributed by atoms with Crippen LogP contribution in [-0.4, -0.2) is 61.8 Å². The highest BCUT2D eigenvalue weighted by molar-refractivity contribution is 6.11. The molecule has 4 aromatic rings. The normalized spacial score (nSPS) is 15.6. The van der Waals surface area contributed by atoms with Crippen molar-refractivity contribution >= 4 is 33.8 Å². The number of carbonyl (C=O) groups is 1. The van der Waals surface area contributed by atoms with E-state index in [9.17, 15) is 4.79 Å². The summed E-state index contributed by atoms with van der Waals surface area (Å²) in [6.45, 7) is 5.81. The van der Waals surface area contributed by atoms with E-state index in [1.165, 1.54) is 0 Å². The van der Waals surface area contributed by atoms with Crippen molar-refractivity contribution in [1.29, 1.82) is 0 Å². The quantitative estimate of drug-likeness (QED) is 0.446. The maximum absolute atomic E-state index is 12.4. The molecule has 0 spiro atoms. The third kappa shape index (κ3) is 3.14. The summed E-state index contributed by atoms with van der Waals surface area (Å²) >= 11 is 0. The van der Waals surface area contributed by atoms with Crippen LogP contribution in [0.15, 0.2) is 18.5 Å². The number of aromatic nitrogens is 5. The van der Waals surface area contributed by atoms with Crippen LogP contribution in [0, 0.1) is 13.8 Å². The molecule has 5 N–H and O–H groups in total. The summed E-state index contributed by atoms with van der Waals surface area (Å²) in [5.74, 6) is 0.163. The topological polar surface area (TPSA) is 141 Å². The van der Waals surface area contributed by atoms with Gasteiger partial charge in [-0.25, -0.2) is 4.98 Å². The molecule has 10 nitrogen and oxygen atoms in total. The summed E-state index contributed by atoms with van der Waals surface area (Å²) in [4.78, 5) is 23.9. The number of primary amides is 1. The number of pyridine rings is 2. The van der Waals surface area contributed by atoms with Gasteiger partial charge in [0.15, 0.2) is 11.3 Å². The molecule has 0 atom stereocenters. The Kier molecular flexibility index (Phi) is 4.74. The van der Waals surface area contributed by atoms with Crippen LogP contribution in [0.25, 0.3) is 27.8 Å². The number of rotatable bonds is 4. The number of nitrogen functional groups attached to an aromatic ring is 1. The fourth-order valence-corrected chi connectivity index (χ4v) is 4.45. The molecule has 4 aromatic heterocycles. The van der Waals surface area contributed by atoms with Gasteiger partial charge in [-0.05, 0) is 45.4 Å². The smallest absolute Gasteiger partial charge is 0.253 e. The number of nitrogens with one attached hydrogen (secondary N) is 1. The van der Waals surface area contributed by atoms with Crippen LogP contribution in [0.4, 0.5) is 5.82 Å². The molecule has 10 heteroatoms. The second kappa shape index (κ2) is 7.49. The number of carbonyl (C=O) groups excluding carboxylic acids is 1. The molecule has 0 bridgehead atoms. The first kappa shape index (κ1) is 20.3. The molecule has 1 fully saturated rings. The second-order valence-electron chi connectivity index (χ2n) is 8.48. The Morgan fingerprint density at radius 3 is 2.66 bits per heavy atom. The van der Waals surface area contributed by atoms with Crippen molar-refractivity contribution in [3.63, 3.8) is 0 Å². The summed E-state index contributed by atoms with van der Waals surface area (Å²) in [6, 6.07) is 1.88. The van der Waals surface area contributed by atoms with Gasteiger partial charge in [-0.15, -0.1) is 0 Å². The molecule has 32 heavy (non-hydrogen) atoms. The van der Waals surface area contributed by atoms with Gasteiger partial charge in [0, 0.05) is 30.2 Å². The Morgan fingerprint density at radius 1 is 1.19 bits per heavy atom. The lowest BCUT2D eigenvalue weighted by Crippen LogP contribution is -2.35. The van der Waals surface area contributed by atoms with Crippen molar-refractivity contribution in [3.8, 4) is 11.6 Å². The van der Waals surface area contributed by atoms with Crippen molar-refractivity contribution in [2.75, 3.05) is 25.9 Å². The van der Waals surface area contributed by atoms with E-state index in [1.807, 2.05) is 19.9 Å². The number of likely N-dealkylation sites (tertiary alicyclic amines) is 1. The molecule has 5 rings (SSSR count). The molecule has 0 radical (unpaired) electrons. The number of piperidine rings is 1. The van der Waals surface area contributed by atoms with Gasteiger partial charge in [-0.3, -0.25) is 14.5 Å². The summed E-state index contributed by atoms with van der Waals surface area (Å²) in [7, 11) is 2.11. The zero-order chi connectivity index (χ0) is 22.6. The molecular weight excluding hydrogens is 408 g/mol. The number of nitrogens with zero attached hydrogens (tertiary/aromatic N) is 5. The number of aromatic amines is 1. The van der Waals surface area contributed by atoms with Crippen LogP contribution < -0.4 is 16.2 Å². The lowest BCUT2D eigenvalue weighted by molar-refractivity contribution is 0.100. The number of aryl methyl sites for hydroxylation is 2. The molecule has 0 aliphatic carbocycles. The van der Waals surface area contributed by atoms with Crippen molar-refractivity contribution in [2.45, 2.75) is 32.8 Å². The molecule has 1 saturated heterocycles. The first-order valence-electron chi connectivity index (χ1n) is 10.6. The highest BCUT2D eigenvalue weighted by Crippen LogP contribution is 2.36. The third-order valence-corrected chi connectivity index (χ3v) is 6.17. The molecule has 0 aromatic carbocycles. The Labute approximate surface area is 184 Å². The molecule has 1 amide bonds. The number of H-pyrrole nitrogens is 1.